The number of carbonyl (C=O) groups is 2. The van der Waals surface area contributed by atoms with Crippen LogP contribution in [0.5, 0.6) is 0 Å². The van der Waals surface area contributed by atoms with Crippen molar-refractivity contribution in [3.05, 3.63) is 59.9 Å². The summed E-state index contributed by atoms with van der Waals surface area (Å²) in [6.45, 7) is 0.244. The van der Waals surface area contributed by atoms with E-state index in [-0.39, 0.29) is 30.1 Å². The molecule has 1 fully saturated rings. The third-order valence-electron chi connectivity index (χ3n) is 3.92. The van der Waals surface area contributed by atoms with Crippen molar-refractivity contribution in [3.8, 4) is 6.07 Å². The largest absolute Gasteiger partial charge is 0.323 e. The SMILES string of the molecule is N#Cc1ccc(F)c(NC(=O)C2CC(=O)N(c3ccccc3)C2)c1. The van der Waals surface area contributed by atoms with Gasteiger partial charge in [-0.15, -0.1) is 0 Å². The molecule has 6 heteroatoms. The van der Waals surface area contributed by atoms with E-state index >= 15 is 0 Å². The number of nitrogens with zero attached hydrogens (tertiary/aromatic N) is 2. The van der Waals surface area contributed by atoms with Crippen LogP contribution < -0.4 is 10.2 Å². The Morgan fingerprint density at radius 2 is 2.00 bits per heavy atom. The number of rotatable bonds is 3. The van der Waals surface area contributed by atoms with Gasteiger partial charge in [0.1, 0.15) is 5.82 Å². The van der Waals surface area contributed by atoms with Crippen molar-refractivity contribution in [2.24, 2.45) is 5.92 Å². The molecule has 0 spiro atoms. The zero-order valence-corrected chi connectivity index (χ0v) is 12.7. The van der Waals surface area contributed by atoms with Crippen LogP contribution in [-0.2, 0) is 9.59 Å². The van der Waals surface area contributed by atoms with Gasteiger partial charge in [-0.25, -0.2) is 4.39 Å². The molecule has 24 heavy (non-hydrogen) atoms. The lowest BCUT2D eigenvalue weighted by Crippen LogP contribution is -2.28. The van der Waals surface area contributed by atoms with Gasteiger partial charge in [0.15, 0.2) is 0 Å². The van der Waals surface area contributed by atoms with E-state index in [2.05, 4.69) is 5.32 Å². The fourth-order valence-corrected chi connectivity index (χ4v) is 2.67. The van der Waals surface area contributed by atoms with Crippen LogP contribution in [0, 0.1) is 23.1 Å². The number of para-hydroxylation sites is 1. The van der Waals surface area contributed by atoms with E-state index in [9.17, 15) is 14.0 Å². The summed E-state index contributed by atoms with van der Waals surface area (Å²) in [5.41, 5.74) is 0.931. The standard InChI is InChI=1S/C18H14FN3O2/c19-15-7-6-12(10-20)8-16(15)21-18(24)13-9-17(23)22(11-13)14-4-2-1-3-5-14/h1-8,13H,9,11H2,(H,21,24). The predicted octanol–water partition coefficient (Wildman–Crippen LogP) is 2.69. The van der Waals surface area contributed by atoms with Crippen molar-refractivity contribution in [3.63, 3.8) is 0 Å². The van der Waals surface area contributed by atoms with E-state index in [0.29, 0.717) is 0 Å². The second kappa shape index (κ2) is 6.50. The molecule has 1 unspecified atom stereocenters. The molecular formula is C18H14FN3O2. The molecule has 1 saturated heterocycles. The maximum Gasteiger partial charge on any atom is 0.229 e. The molecule has 0 bridgehead atoms. The molecule has 120 valence electrons. The van der Waals surface area contributed by atoms with Gasteiger partial charge in [-0.3, -0.25) is 9.59 Å². The molecule has 2 aromatic rings. The lowest BCUT2D eigenvalue weighted by molar-refractivity contribution is -0.122. The Morgan fingerprint density at radius 1 is 1.25 bits per heavy atom. The molecule has 2 amide bonds. The van der Waals surface area contributed by atoms with Gasteiger partial charge in [-0.1, -0.05) is 18.2 Å². The van der Waals surface area contributed by atoms with Crippen molar-refractivity contribution in [1.82, 2.24) is 0 Å². The number of nitriles is 1. The highest BCUT2D eigenvalue weighted by molar-refractivity contribution is 6.03. The van der Waals surface area contributed by atoms with Crippen molar-refractivity contribution < 1.29 is 14.0 Å². The third-order valence-corrected chi connectivity index (χ3v) is 3.92. The Balaban J connectivity index is 1.73. The van der Waals surface area contributed by atoms with Crippen LogP contribution >= 0.6 is 0 Å². The van der Waals surface area contributed by atoms with E-state index in [4.69, 9.17) is 5.26 Å². The zero-order chi connectivity index (χ0) is 17.1. The first-order valence-corrected chi connectivity index (χ1v) is 7.44. The van der Waals surface area contributed by atoms with E-state index < -0.39 is 17.6 Å². The second-order valence-corrected chi connectivity index (χ2v) is 5.54. The molecule has 5 nitrogen and oxygen atoms in total. The average molecular weight is 323 g/mol. The van der Waals surface area contributed by atoms with Crippen molar-refractivity contribution in [2.75, 3.05) is 16.8 Å². The molecular weight excluding hydrogens is 309 g/mol. The topological polar surface area (TPSA) is 73.2 Å². The number of nitrogens with one attached hydrogen (secondary N) is 1. The summed E-state index contributed by atoms with van der Waals surface area (Å²) in [4.78, 5) is 26.0. The normalized spacial score (nSPS) is 16.8. The number of halogens is 1. The smallest absolute Gasteiger partial charge is 0.229 e. The summed E-state index contributed by atoms with van der Waals surface area (Å²) >= 11 is 0. The van der Waals surface area contributed by atoms with Gasteiger partial charge in [0.05, 0.1) is 23.2 Å². The fraction of sp³-hybridized carbons (Fsp3) is 0.167. The van der Waals surface area contributed by atoms with E-state index in [1.807, 2.05) is 24.3 Å². The highest BCUT2D eigenvalue weighted by atomic mass is 19.1. The molecule has 1 aliphatic heterocycles. The number of carbonyl (C=O) groups excluding carboxylic acids is 2. The predicted molar refractivity (Wildman–Crippen MR) is 86.6 cm³/mol. The second-order valence-electron chi connectivity index (χ2n) is 5.54. The highest BCUT2D eigenvalue weighted by Crippen LogP contribution is 2.26. The first-order valence-electron chi connectivity index (χ1n) is 7.44. The van der Waals surface area contributed by atoms with Crippen LogP contribution in [0.2, 0.25) is 0 Å². The molecule has 0 aliphatic carbocycles. The molecule has 1 atom stereocenters. The summed E-state index contributed by atoms with van der Waals surface area (Å²) in [5.74, 6) is -1.77. The molecule has 0 saturated carbocycles. The third kappa shape index (κ3) is 3.10. The van der Waals surface area contributed by atoms with Crippen LogP contribution in [0.4, 0.5) is 15.8 Å². The summed E-state index contributed by atoms with van der Waals surface area (Å²) in [7, 11) is 0. The van der Waals surface area contributed by atoms with Crippen molar-refractivity contribution in [1.29, 1.82) is 5.26 Å². The molecule has 3 rings (SSSR count). The van der Waals surface area contributed by atoms with Crippen LogP contribution in [0.1, 0.15) is 12.0 Å². The Labute approximate surface area is 138 Å². The lowest BCUT2D eigenvalue weighted by Gasteiger charge is -2.16. The number of anilines is 2. The number of hydrogen-bond donors (Lipinski definition) is 1. The van der Waals surface area contributed by atoms with Gasteiger partial charge >= 0.3 is 0 Å². The van der Waals surface area contributed by atoms with E-state index in [0.717, 1.165) is 11.8 Å². The number of amides is 2. The van der Waals surface area contributed by atoms with E-state index in [1.165, 1.54) is 12.1 Å². The molecule has 2 aromatic carbocycles. The zero-order valence-electron chi connectivity index (χ0n) is 12.7. The van der Waals surface area contributed by atoms with E-state index in [1.54, 1.807) is 17.0 Å². The Bertz CT molecular complexity index is 830. The lowest BCUT2D eigenvalue weighted by atomic mass is 10.1. The van der Waals surface area contributed by atoms with Crippen molar-refractivity contribution in [2.45, 2.75) is 6.42 Å². The van der Waals surface area contributed by atoms with Gasteiger partial charge in [0, 0.05) is 18.7 Å². The average Bonchev–Trinajstić information content (AvgIpc) is 2.99. The van der Waals surface area contributed by atoms with Crippen LogP contribution in [0.15, 0.2) is 48.5 Å². The molecule has 1 aliphatic rings. The summed E-state index contributed by atoms with van der Waals surface area (Å²) in [6.07, 6.45) is 0.0697. The minimum atomic E-state index is -0.619. The summed E-state index contributed by atoms with van der Waals surface area (Å²) in [5, 5.41) is 11.3. The number of benzene rings is 2. The molecule has 0 aromatic heterocycles. The van der Waals surface area contributed by atoms with Crippen LogP contribution in [0.3, 0.4) is 0 Å². The van der Waals surface area contributed by atoms with Gasteiger partial charge in [0.25, 0.3) is 0 Å². The minimum Gasteiger partial charge on any atom is -0.323 e. The Kier molecular flexibility index (Phi) is 4.25. The van der Waals surface area contributed by atoms with Gasteiger partial charge in [-0.05, 0) is 30.3 Å². The molecule has 0 radical (unpaired) electrons. The minimum absolute atomic E-state index is 0.0512. The van der Waals surface area contributed by atoms with Crippen LogP contribution in [0.25, 0.3) is 0 Å². The van der Waals surface area contributed by atoms with Gasteiger partial charge in [-0.2, -0.15) is 5.26 Å². The summed E-state index contributed by atoms with van der Waals surface area (Å²) < 4.78 is 13.8. The quantitative estimate of drug-likeness (QED) is 0.944. The molecule has 1 heterocycles. The van der Waals surface area contributed by atoms with Gasteiger partial charge < -0.3 is 10.2 Å². The van der Waals surface area contributed by atoms with Gasteiger partial charge in [0.2, 0.25) is 11.8 Å². The van der Waals surface area contributed by atoms with Crippen molar-refractivity contribution >= 4 is 23.2 Å². The number of hydrogen-bond acceptors (Lipinski definition) is 3. The molecule has 1 N–H and O–H groups in total. The summed E-state index contributed by atoms with van der Waals surface area (Å²) in [6, 6.07) is 14.7. The fourth-order valence-electron chi connectivity index (χ4n) is 2.67. The Morgan fingerprint density at radius 3 is 2.71 bits per heavy atom. The first kappa shape index (κ1) is 15.7. The Hall–Kier alpha value is -3.20. The first-order chi connectivity index (χ1) is 11.6. The van der Waals surface area contributed by atoms with Crippen LogP contribution in [-0.4, -0.2) is 18.4 Å². The highest BCUT2D eigenvalue weighted by Gasteiger charge is 2.35. The maximum absolute atomic E-state index is 13.8. The maximum atomic E-state index is 13.8. The monoisotopic (exact) mass is 323 g/mol.